The molecule has 0 unspecified atom stereocenters. The molecule has 0 saturated carbocycles. The number of rotatable bonds is 7. The monoisotopic (exact) mass is 307 g/mol. The van der Waals surface area contributed by atoms with Gasteiger partial charge in [0.2, 0.25) is 0 Å². The predicted molar refractivity (Wildman–Crippen MR) is 85.0 cm³/mol. The Hall–Kier alpha value is -1.10. The first kappa shape index (κ1) is 15.3. The minimum Gasteiger partial charge on any atom is -0.313 e. The predicted octanol–water partition coefficient (Wildman–Crippen LogP) is 3.92. The molecule has 0 saturated heterocycles. The normalized spacial score (nSPS) is 10.7. The van der Waals surface area contributed by atoms with Crippen molar-refractivity contribution in [3.63, 3.8) is 0 Å². The summed E-state index contributed by atoms with van der Waals surface area (Å²) in [5, 5.41) is 4.09. The molecular weight excluding hydrogens is 290 g/mol. The molecule has 0 radical (unpaired) electrons. The highest BCUT2D eigenvalue weighted by Gasteiger charge is 2.00. The minimum atomic E-state index is 0.753. The lowest BCUT2D eigenvalue weighted by Gasteiger charge is -2.04. The molecule has 0 amide bonds. The van der Waals surface area contributed by atoms with E-state index in [2.05, 4.69) is 22.2 Å². The van der Waals surface area contributed by atoms with Crippen molar-refractivity contribution in [3.8, 4) is 0 Å². The first-order valence-corrected chi connectivity index (χ1v) is 8.03. The van der Waals surface area contributed by atoms with Crippen LogP contribution in [0.15, 0.2) is 41.6 Å². The Morgan fingerprint density at radius 3 is 2.75 bits per heavy atom. The van der Waals surface area contributed by atoms with E-state index < -0.39 is 0 Å². The Morgan fingerprint density at radius 1 is 1.25 bits per heavy atom. The van der Waals surface area contributed by atoms with Gasteiger partial charge in [-0.25, -0.2) is 9.97 Å². The van der Waals surface area contributed by atoms with E-state index in [4.69, 9.17) is 11.6 Å². The van der Waals surface area contributed by atoms with Crippen molar-refractivity contribution in [3.05, 3.63) is 53.1 Å². The second-order valence-corrected chi connectivity index (χ2v) is 5.92. The molecule has 0 bridgehead atoms. The van der Waals surface area contributed by atoms with Gasteiger partial charge in [0.1, 0.15) is 5.82 Å². The summed E-state index contributed by atoms with van der Waals surface area (Å²) >= 11 is 7.65. The fourth-order valence-corrected chi connectivity index (χ4v) is 2.75. The second kappa shape index (κ2) is 8.25. The first-order valence-electron chi connectivity index (χ1n) is 6.67. The third-order valence-electron chi connectivity index (χ3n) is 2.68. The number of nitrogens with one attached hydrogen (secondary N) is 1. The topological polar surface area (TPSA) is 37.8 Å². The summed E-state index contributed by atoms with van der Waals surface area (Å²) in [7, 11) is 0. The van der Waals surface area contributed by atoms with Crippen LogP contribution < -0.4 is 5.32 Å². The van der Waals surface area contributed by atoms with Gasteiger partial charge in [-0.3, -0.25) is 0 Å². The van der Waals surface area contributed by atoms with E-state index in [0.29, 0.717) is 0 Å². The molecule has 5 heteroatoms. The minimum absolute atomic E-state index is 0.753. The summed E-state index contributed by atoms with van der Waals surface area (Å²) in [4.78, 5) is 9.91. The van der Waals surface area contributed by atoms with Crippen LogP contribution in [0.1, 0.15) is 24.7 Å². The van der Waals surface area contributed by atoms with Crippen molar-refractivity contribution in [2.75, 3.05) is 6.54 Å². The molecule has 1 aromatic heterocycles. The third kappa shape index (κ3) is 5.12. The summed E-state index contributed by atoms with van der Waals surface area (Å²) in [6.45, 7) is 4.00. The lowest BCUT2D eigenvalue weighted by Crippen LogP contribution is -2.14. The van der Waals surface area contributed by atoms with Crippen molar-refractivity contribution < 1.29 is 0 Å². The smallest absolute Gasteiger partial charge is 0.138 e. The van der Waals surface area contributed by atoms with Gasteiger partial charge in [0.15, 0.2) is 0 Å². The van der Waals surface area contributed by atoms with Crippen LogP contribution in [0, 0.1) is 0 Å². The number of aromatic nitrogens is 2. The molecule has 0 aliphatic rings. The van der Waals surface area contributed by atoms with E-state index in [0.717, 1.165) is 46.6 Å². The van der Waals surface area contributed by atoms with Crippen LogP contribution in [-0.2, 0) is 12.3 Å². The van der Waals surface area contributed by atoms with Crippen LogP contribution in [-0.4, -0.2) is 16.5 Å². The zero-order valence-corrected chi connectivity index (χ0v) is 13.0. The van der Waals surface area contributed by atoms with E-state index in [-0.39, 0.29) is 0 Å². The number of hydrogen-bond donors (Lipinski definition) is 1. The lowest BCUT2D eigenvalue weighted by molar-refractivity contribution is 0.671. The van der Waals surface area contributed by atoms with Crippen molar-refractivity contribution in [2.24, 2.45) is 0 Å². The van der Waals surface area contributed by atoms with Crippen molar-refractivity contribution >= 4 is 23.4 Å². The van der Waals surface area contributed by atoms with Gasteiger partial charge in [0.05, 0.1) is 5.75 Å². The standard InChI is InChI=1S/C15H18ClN3S/c1-2-6-17-8-12-9-18-15(19-10-12)11-20-14-5-3-4-13(16)7-14/h3-5,7,9-10,17H,2,6,8,11H2,1H3. The Morgan fingerprint density at radius 2 is 2.05 bits per heavy atom. The molecule has 106 valence electrons. The number of halogens is 1. The Labute approximate surface area is 129 Å². The summed E-state index contributed by atoms with van der Waals surface area (Å²) < 4.78 is 0. The highest BCUT2D eigenvalue weighted by molar-refractivity contribution is 7.98. The van der Waals surface area contributed by atoms with E-state index in [9.17, 15) is 0 Å². The maximum absolute atomic E-state index is 5.96. The Kier molecular flexibility index (Phi) is 6.30. The van der Waals surface area contributed by atoms with E-state index in [1.54, 1.807) is 11.8 Å². The van der Waals surface area contributed by atoms with Gasteiger partial charge >= 0.3 is 0 Å². The van der Waals surface area contributed by atoms with Crippen LogP contribution >= 0.6 is 23.4 Å². The van der Waals surface area contributed by atoms with Crippen LogP contribution in [0.25, 0.3) is 0 Å². The molecule has 2 rings (SSSR count). The first-order chi connectivity index (χ1) is 9.78. The van der Waals surface area contributed by atoms with Crippen molar-refractivity contribution in [1.29, 1.82) is 0 Å². The van der Waals surface area contributed by atoms with Crippen LogP contribution in [0.5, 0.6) is 0 Å². The Bertz CT molecular complexity index is 531. The molecule has 0 aliphatic carbocycles. The van der Waals surface area contributed by atoms with Gasteiger partial charge in [-0.2, -0.15) is 0 Å². The van der Waals surface area contributed by atoms with Crippen LogP contribution in [0.2, 0.25) is 5.02 Å². The molecule has 0 spiro atoms. The fraction of sp³-hybridized carbons (Fsp3) is 0.333. The van der Waals surface area contributed by atoms with Gasteiger partial charge < -0.3 is 5.32 Å². The van der Waals surface area contributed by atoms with Crippen LogP contribution in [0.4, 0.5) is 0 Å². The Balaban J connectivity index is 1.84. The summed E-state index contributed by atoms with van der Waals surface area (Å²) in [5.41, 5.74) is 1.12. The molecule has 3 nitrogen and oxygen atoms in total. The molecule has 0 aliphatic heterocycles. The molecule has 0 atom stereocenters. The van der Waals surface area contributed by atoms with Gasteiger partial charge in [-0.1, -0.05) is 24.6 Å². The van der Waals surface area contributed by atoms with Crippen molar-refractivity contribution in [2.45, 2.75) is 30.5 Å². The van der Waals surface area contributed by atoms with E-state index in [1.165, 1.54) is 0 Å². The number of thioether (sulfide) groups is 1. The zero-order chi connectivity index (χ0) is 14.2. The molecule has 20 heavy (non-hydrogen) atoms. The summed E-state index contributed by atoms with van der Waals surface area (Å²) in [6, 6.07) is 7.82. The third-order valence-corrected chi connectivity index (χ3v) is 3.90. The van der Waals surface area contributed by atoms with Crippen LogP contribution in [0.3, 0.4) is 0 Å². The summed E-state index contributed by atoms with van der Waals surface area (Å²) in [5.74, 6) is 1.59. The van der Waals surface area contributed by atoms with Crippen molar-refractivity contribution in [1.82, 2.24) is 15.3 Å². The molecule has 1 N–H and O–H groups in total. The van der Waals surface area contributed by atoms with Gasteiger partial charge in [0, 0.05) is 34.4 Å². The van der Waals surface area contributed by atoms with Gasteiger partial charge in [-0.05, 0) is 31.2 Å². The number of hydrogen-bond acceptors (Lipinski definition) is 4. The SMILES string of the molecule is CCCNCc1cnc(CSc2cccc(Cl)c2)nc1. The lowest BCUT2D eigenvalue weighted by atomic mass is 10.3. The quantitative estimate of drug-likeness (QED) is 0.621. The largest absolute Gasteiger partial charge is 0.313 e. The maximum atomic E-state index is 5.96. The highest BCUT2D eigenvalue weighted by Crippen LogP contribution is 2.23. The summed E-state index contributed by atoms with van der Waals surface area (Å²) in [6.07, 6.45) is 4.92. The van der Waals surface area contributed by atoms with E-state index in [1.807, 2.05) is 36.7 Å². The number of benzene rings is 1. The average Bonchev–Trinajstić information content (AvgIpc) is 2.47. The van der Waals surface area contributed by atoms with Gasteiger partial charge in [-0.15, -0.1) is 11.8 Å². The molecule has 0 fully saturated rings. The van der Waals surface area contributed by atoms with E-state index >= 15 is 0 Å². The zero-order valence-electron chi connectivity index (χ0n) is 11.5. The molecule has 1 heterocycles. The average molecular weight is 308 g/mol. The molecular formula is C15H18ClN3S. The molecule has 2 aromatic rings. The highest BCUT2D eigenvalue weighted by atomic mass is 35.5. The number of nitrogens with zero attached hydrogens (tertiary/aromatic N) is 2. The van der Waals surface area contributed by atoms with Gasteiger partial charge in [0.25, 0.3) is 0 Å². The second-order valence-electron chi connectivity index (χ2n) is 4.43. The fourth-order valence-electron chi connectivity index (χ4n) is 1.66. The maximum Gasteiger partial charge on any atom is 0.138 e. The molecule has 1 aromatic carbocycles.